The van der Waals surface area contributed by atoms with Crippen LogP contribution < -0.4 is 5.32 Å². The first-order valence-electron chi connectivity index (χ1n) is 7.86. The van der Waals surface area contributed by atoms with Crippen LogP contribution in [0.25, 0.3) is 0 Å². The van der Waals surface area contributed by atoms with Gasteiger partial charge in [0.15, 0.2) is 5.78 Å². The van der Waals surface area contributed by atoms with Gasteiger partial charge in [0.2, 0.25) is 0 Å². The van der Waals surface area contributed by atoms with Gasteiger partial charge in [-0.2, -0.15) is 0 Å². The molecule has 3 rings (SSSR count). The van der Waals surface area contributed by atoms with Gasteiger partial charge >= 0.3 is 0 Å². The van der Waals surface area contributed by atoms with Gasteiger partial charge < -0.3 is 10.4 Å². The highest BCUT2D eigenvalue weighted by atomic mass is 79.9. The number of hydrogen-bond donors (Lipinski definition) is 2. The molecule has 2 N–H and O–H groups in total. The van der Waals surface area contributed by atoms with Gasteiger partial charge in [0.05, 0.1) is 20.7 Å². The van der Waals surface area contributed by atoms with Crippen LogP contribution in [0.5, 0.6) is 5.75 Å². The normalized spacial score (nSPS) is 10.6. The average Bonchev–Trinajstić information content (AvgIpc) is 2.66. The number of nitrogens with one attached hydrogen (secondary N) is 1. The Balaban J connectivity index is 1.92. The van der Waals surface area contributed by atoms with E-state index in [2.05, 4.69) is 37.2 Å². The Labute approximate surface area is 187 Å². The minimum absolute atomic E-state index is 0.0479. The molecule has 0 atom stereocenters. The molecule has 0 fully saturated rings. The Bertz CT molecular complexity index is 1090. The van der Waals surface area contributed by atoms with Gasteiger partial charge in [-0.05, 0) is 64.5 Å². The quantitative estimate of drug-likeness (QED) is 0.360. The van der Waals surface area contributed by atoms with E-state index in [1.165, 1.54) is 6.07 Å². The molecule has 0 aromatic heterocycles. The zero-order valence-corrected chi connectivity index (χ0v) is 18.7. The third-order valence-corrected chi connectivity index (χ3v) is 5.59. The molecule has 0 radical (unpaired) electrons. The number of carbonyl (C=O) groups excluding carboxylic acids is 2. The molecule has 28 heavy (non-hydrogen) atoms. The molecule has 3 aromatic rings. The highest BCUT2D eigenvalue weighted by Crippen LogP contribution is 2.33. The van der Waals surface area contributed by atoms with Gasteiger partial charge in [0.25, 0.3) is 5.91 Å². The molecule has 142 valence electrons. The topological polar surface area (TPSA) is 66.4 Å². The Morgan fingerprint density at radius 2 is 1.61 bits per heavy atom. The molecule has 8 heteroatoms. The van der Waals surface area contributed by atoms with Crippen LogP contribution in [0.2, 0.25) is 10.0 Å². The summed E-state index contributed by atoms with van der Waals surface area (Å²) in [6.45, 7) is 0. The smallest absolute Gasteiger partial charge is 0.259 e. The van der Waals surface area contributed by atoms with Crippen molar-refractivity contribution in [3.8, 4) is 5.75 Å². The zero-order chi connectivity index (χ0) is 20.4. The van der Waals surface area contributed by atoms with Crippen molar-refractivity contribution in [2.24, 2.45) is 0 Å². The summed E-state index contributed by atoms with van der Waals surface area (Å²) in [4.78, 5) is 25.3. The summed E-state index contributed by atoms with van der Waals surface area (Å²) in [6.07, 6.45) is 0. The Kier molecular flexibility index (Phi) is 6.45. The molecule has 0 saturated carbocycles. The minimum atomic E-state index is -0.572. The first-order chi connectivity index (χ1) is 13.3. The van der Waals surface area contributed by atoms with Gasteiger partial charge in [-0.15, -0.1) is 0 Å². The number of phenolic OH excluding ortho intramolecular Hbond substituents is 1. The van der Waals surface area contributed by atoms with Gasteiger partial charge in [0.1, 0.15) is 5.75 Å². The highest BCUT2D eigenvalue weighted by molar-refractivity contribution is 9.11. The molecule has 0 aliphatic heterocycles. The van der Waals surface area contributed by atoms with Crippen LogP contribution in [0.15, 0.2) is 63.5 Å². The largest absolute Gasteiger partial charge is 0.506 e. The first-order valence-corrected chi connectivity index (χ1v) is 10.2. The third-order valence-electron chi connectivity index (χ3n) is 3.87. The summed E-state index contributed by atoms with van der Waals surface area (Å²) in [5, 5.41) is 13.4. The van der Waals surface area contributed by atoms with E-state index in [4.69, 9.17) is 23.2 Å². The van der Waals surface area contributed by atoms with Crippen LogP contribution in [-0.4, -0.2) is 16.8 Å². The number of anilines is 1. The molecule has 0 unspecified atom stereocenters. The summed E-state index contributed by atoms with van der Waals surface area (Å²) in [7, 11) is 0. The second kappa shape index (κ2) is 8.66. The molecule has 0 heterocycles. The van der Waals surface area contributed by atoms with E-state index < -0.39 is 5.91 Å². The molecule has 0 aliphatic carbocycles. The average molecular weight is 544 g/mol. The Morgan fingerprint density at radius 1 is 0.929 bits per heavy atom. The third kappa shape index (κ3) is 4.41. The maximum atomic E-state index is 12.7. The lowest BCUT2D eigenvalue weighted by atomic mass is 10.0. The van der Waals surface area contributed by atoms with Crippen molar-refractivity contribution in [2.75, 3.05) is 5.32 Å². The number of benzene rings is 3. The first kappa shape index (κ1) is 20.9. The maximum absolute atomic E-state index is 12.7. The SMILES string of the molecule is O=C(Nc1cccc(C(=O)c2ccc(Cl)cc2)c1Cl)c1cc(Br)cc(Br)c1O. The van der Waals surface area contributed by atoms with E-state index in [1.807, 2.05) is 0 Å². The Hall–Kier alpha value is -1.86. The number of carbonyl (C=O) groups is 2. The van der Waals surface area contributed by atoms with E-state index in [-0.39, 0.29) is 33.4 Å². The molecular formula is C20H11Br2Cl2NO3. The van der Waals surface area contributed by atoms with Crippen LogP contribution in [0.3, 0.4) is 0 Å². The van der Waals surface area contributed by atoms with Gasteiger partial charge in [-0.25, -0.2) is 0 Å². The van der Waals surface area contributed by atoms with Crippen molar-refractivity contribution in [3.05, 3.63) is 90.3 Å². The lowest BCUT2D eigenvalue weighted by molar-refractivity contribution is 0.101. The number of rotatable bonds is 4. The van der Waals surface area contributed by atoms with E-state index in [0.29, 0.717) is 19.5 Å². The van der Waals surface area contributed by atoms with Crippen molar-refractivity contribution in [2.45, 2.75) is 0 Å². The van der Waals surface area contributed by atoms with E-state index in [0.717, 1.165) is 0 Å². The fourth-order valence-electron chi connectivity index (χ4n) is 2.49. The molecule has 0 bridgehead atoms. The summed E-state index contributed by atoms with van der Waals surface area (Å²) >= 11 is 18.7. The van der Waals surface area contributed by atoms with Gasteiger partial charge in [-0.3, -0.25) is 9.59 Å². The predicted octanol–water partition coefficient (Wildman–Crippen LogP) is 6.71. The summed E-state index contributed by atoms with van der Waals surface area (Å²) in [5.41, 5.74) is 0.957. The zero-order valence-electron chi connectivity index (χ0n) is 14.0. The Morgan fingerprint density at radius 3 is 2.29 bits per heavy atom. The minimum Gasteiger partial charge on any atom is -0.506 e. The predicted molar refractivity (Wildman–Crippen MR) is 118 cm³/mol. The summed E-state index contributed by atoms with van der Waals surface area (Å²) < 4.78 is 0.977. The molecule has 3 aromatic carbocycles. The van der Waals surface area contributed by atoms with Crippen molar-refractivity contribution in [3.63, 3.8) is 0 Å². The van der Waals surface area contributed by atoms with E-state index in [1.54, 1.807) is 48.5 Å². The van der Waals surface area contributed by atoms with Crippen molar-refractivity contribution in [1.82, 2.24) is 0 Å². The van der Waals surface area contributed by atoms with Crippen LogP contribution in [0.1, 0.15) is 26.3 Å². The van der Waals surface area contributed by atoms with E-state index in [9.17, 15) is 14.7 Å². The van der Waals surface area contributed by atoms with E-state index >= 15 is 0 Å². The van der Waals surface area contributed by atoms with Crippen molar-refractivity contribution < 1.29 is 14.7 Å². The number of hydrogen-bond acceptors (Lipinski definition) is 3. The van der Waals surface area contributed by atoms with Crippen LogP contribution in [0, 0.1) is 0 Å². The fraction of sp³-hybridized carbons (Fsp3) is 0. The maximum Gasteiger partial charge on any atom is 0.259 e. The standard InChI is InChI=1S/C20H11Br2Cl2NO3/c21-11-8-14(19(27)15(22)9-11)20(28)25-16-3-1-2-13(17(16)24)18(26)10-4-6-12(23)7-5-10/h1-9,27H,(H,25,28). The van der Waals surface area contributed by atoms with Crippen LogP contribution >= 0.6 is 55.1 Å². The number of halogens is 4. The molecule has 1 amide bonds. The molecule has 0 spiro atoms. The number of ketones is 1. The molecule has 4 nitrogen and oxygen atoms in total. The molecule has 0 saturated heterocycles. The number of phenols is 1. The number of aromatic hydroxyl groups is 1. The second-order valence-electron chi connectivity index (χ2n) is 5.74. The molecule has 0 aliphatic rings. The lowest BCUT2D eigenvalue weighted by Crippen LogP contribution is -2.14. The highest BCUT2D eigenvalue weighted by Gasteiger charge is 2.19. The second-order valence-corrected chi connectivity index (χ2v) is 8.33. The van der Waals surface area contributed by atoms with Crippen LogP contribution in [0.4, 0.5) is 5.69 Å². The summed E-state index contributed by atoms with van der Waals surface area (Å²) in [6, 6.07) is 14.3. The fourth-order valence-corrected chi connectivity index (χ4v) is 4.10. The van der Waals surface area contributed by atoms with Crippen molar-refractivity contribution in [1.29, 1.82) is 0 Å². The van der Waals surface area contributed by atoms with Gasteiger partial charge in [0, 0.05) is 20.6 Å². The number of amides is 1. The van der Waals surface area contributed by atoms with Gasteiger partial charge in [-0.1, -0.05) is 45.2 Å². The lowest BCUT2D eigenvalue weighted by Gasteiger charge is -2.12. The summed E-state index contributed by atoms with van der Waals surface area (Å²) in [5.74, 6) is -1.08. The van der Waals surface area contributed by atoms with Crippen LogP contribution in [-0.2, 0) is 0 Å². The van der Waals surface area contributed by atoms with Crippen molar-refractivity contribution >= 4 is 72.4 Å². The monoisotopic (exact) mass is 541 g/mol. The molecular weight excluding hydrogens is 533 g/mol.